The first kappa shape index (κ1) is 8.28. The average Bonchev–Trinajstić information content (AvgIpc) is 2.33. The summed E-state index contributed by atoms with van der Waals surface area (Å²) >= 11 is 1.73. The van der Waals surface area contributed by atoms with E-state index in [0.717, 1.165) is 11.1 Å². The van der Waals surface area contributed by atoms with Crippen molar-refractivity contribution in [1.29, 1.82) is 0 Å². The molecule has 58 valence electrons. The van der Waals surface area contributed by atoms with Crippen molar-refractivity contribution in [3.63, 3.8) is 0 Å². The van der Waals surface area contributed by atoms with Gasteiger partial charge in [0.25, 0.3) is 0 Å². The van der Waals surface area contributed by atoms with Gasteiger partial charge in [-0.2, -0.15) is 0 Å². The minimum atomic E-state index is 1.12. The van der Waals surface area contributed by atoms with Crippen molar-refractivity contribution < 1.29 is 0 Å². The molecule has 0 aliphatic heterocycles. The van der Waals surface area contributed by atoms with Gasteiger partial charge in [0.15, 0.2) is 0 Å². The Bertz CT molecular complexity index is 263. The largest absolute Gasteiger partial charge is 0.144 e. The first-order valence-corrected chi connectivity index (χ1v) is 4.39. The molecule has 1 rings (SSSR count). The van der Waals surface area contributed by atoms with Crippen molar-refractivity contribution in [1.82, 2.24) is 0 Å². The van der Waals surface area contributed by atoms with Gasteiger partial charge in [0.05, 0.1) is 0 Å². The van der Waals surface area contributed by atoms with Crippen LogP contribution in [-0.4, -0.2) is 0 Å². The van der Waals surface area contributed by atoms with E-state index in [2.05, 4.69) is 24.6 Å². The highest BCUT2D eigenvalue weighted by molar-refractivity contribution is 7.11. The maximum atomic E-state index is 3.88. The molecule has 0 N–H and O–H groups in total. The predicted octanol–water partition coefficient (Wildman–Crippen LogP) is 3.81. The zero-order chi connectivity index (χ0) is 8.43. The van der Waals surface area contributed by atoms with E-state index in [1.54, 1.807) is 11.3 Å². The number of thiophene rings is 1. The topological polar surface area (TPSA) is 0 Å². The van der Waals surface area contributed by atoms with E-state index in [0.29, 0.717) is 0 Å². The third kappa shape index (κ3) is 1.81. The van der Waals surface area contributed by atoms with Crippen LogP contribution in [0.25, 0.3) is 11.1 Å². The van der Waals surface area contributed by atoms with Crippen LogP contribution < -0.4 is 0 Å². The molecule has 0 bridgehead atoms. The highest BCUT2D eigenvalue weighted by Crippen LogP contribution is 2.24. The van der Waals surface area contributed by atoms with E-state index < -0.39 is 0 Å². The molecule has 0 unspecified atom stereocenters. The fraction of sp³-hybridized carbons (Fsp3) is 0.200. The van der Waals surface area contributed by atoms with Gasteiger partial charge >= 0.3 is 0 Å². The van der Waals surface area contributed by atoms with Crippen molar-refractivity contribution in [2.45, 2.75) is 13.8 Å². The molecule has 0 aliphatic carbocycles. The Labute approximate surface area is 71.9 Å². The summed E-state index contributed by atoms with van der Waals surface area (Å²) in [5.74, 6) is 0. The monoisotopic (exact) mass is 164 g/mol. The second kappa shape index (κ2) is 3.05. The lowest BCUT2D eigenvalue weighted by atomic mass is 10.1. The Morgan fingerprint density at radius 3 is 2.18 bits per heavy atom. The lowest BCUT2D eigenvalue weighted by molar-refractivity contribution is 1.65. The van der Waals surface area contributed by atoms with Crippen LogP contribution in [0, 0.1) is 0 Å². The van der Waals surface area contributed by atoms with Gasteiger partial charge in [-0.1, -0.05) is 18.7 Å². The van der Waals surface area contributed by atoms with E-state index in [4.69, 9.17) is 0 Å². The van der Waals surface area contributed by atoms with E-state index in [9.17, 15) is 0 Å². The van der Waals surface area contributed by atoms with Crippen molar-refractivity contribution in [3.05, 3.63) is 35.0 Å². The fourth-order valence-corrected chi connectivity index (χ4v) is 1.70. The summed E-state index contributed by atoms with van der Waals surface area (Å²) in [7, 11) is 0. The first-order valence-electron chi connectivity index (χ1n) is 3.51. The zero-order valence-electron chi connectivity index (χ0n) is 6.98. The van der Waals surface area contributed by atoms with Crippen molar-refractivity contribution in [2.24, 2.45) is 0 Å². The van der Waals surface area contributed by atoms with Crippen molar-refractivity contribution in [2.75, 3.05) is 0 Å². The van der Waals surface area contributed by atoms with Crippen LogP contribution in [0.3, 0.4) is 0 Å². The van der Waals surface area contributed by atoms with Gasteiger partial charge in [-0.15, -0.1) is 11.3 Å². The quantitative estimate of drug-likeness (QED) is 0.623. The normalized spacial score (nSPS) is 9.64. The summed E-state index contributed by atoms with van der Waals surface area (Å²) in [4.78, 5) is 1.25. The summed E-state index contributed by atoms with van der Waals surface area (Å²) < 4.78 is 0. The van der Waals surface area contributed by atoms with Crippen molar-refractivity contribution >= 4 is 22.5 Å². The molecule has 1 heterocycles. The van der Waals surface area contributed by atoms with Gasteiger partial charge in [0, 0.05) is 4.88 Å². The summed E-state index contributed by atoms with van der Waals surface area (Å²) in [6, 6.07) is 2.13. The van der Waals surface area contributed by atoms with Gasteiger partial charge in [-0.25, -0.2) is 0 Å². The van der Waals surface area contributed by atoms with E-state index >= 15 is 0 Å². The summed E-state index contributed by atoms with van der Waals surface area (Å²) in [5, 5.41) is 2.12. The SMILES string of the molecule is C=C(C)c1csc(C(=C)C)c1. The van der Waals surface area contributed by atoms with Gasteiger partial charge < -0.3 is 0 Å². The zero-order valence-corrected chi connectivity index (χ0v) is 7.79. The van der Waals surface area contributed by atoms with Crippen LogP contribution in [0.15, 0.2) is 24.6 Å². The molecule has 1 aromatic heterocycles. The van der Waals surface area contributed by atoms with E-state index in [1.165, 1.54) is 10.4 Å². The number of hydrogen-bond acceptors (Lipinski definition) is 1. The Kier molecular flexibility index (Phi) is 2.30. The van der Waals surface area contributed by atoms with Crippen LogP contribution in [-0.2, 0) is 0 Å². The molecular formula is C10H12S. The highest BCUT2D eigenvalue weighted by atomic mass is 32.1. The molecule has 0 amide bonds. The lowest BCUT2D eigenvalue weighted by Gasteiger charge is -1.91. The lowest BCUT2D eigenvalue weighted by Crippen LogP contribution is -1.69. The second-order valence-electron chi connectivity index (χ2n) is 2.76. The molecule has 0 aliphatic rings. The van der Waals surface area contributed by atoms with Crippen LogP contribution in [0.1, 0.15) is 24.3 Å². The minimum Gasteiger partial charge on any atom is -0.144 e. The van der Waals surface area contributed by atoms with Crippen LogP contribution >= 0.6 is 11.3 Å². The number of rotatable bonds is 2. The number of allylic oxidation sites excluding steroid dienone is 2. The molecule has 0 spiro atoms. The standard InChI is InChI=1S/C10H12S/c1-7(2)9-5-10(8(3)4)11-6-9/h5-6H,1,3H2,2,4H3. The molecule has 0 aromatic carbocycles. The Balaban J connectivity index is 2.99. The highest BCUT2D eigenvalue weighted by Gasteiger charge is 1.99. The third-order valence-corrected chi connectivity index (χ3v) is 2.60. The first-order chi connectivity index (χ1) is 5.11. The van der Waals surface area contributed by atoms with Gasteiger partial charge in [0.1, 0.15) is 0 Å². The van der Waals surface area contributed by atoms with Crippen LogP contribution in [0.4, 0.5) is 0 Å². The van der Waals surface area contributed by atoms with Gasteiger partial charge in [-0.3, -0.25) is 0 Å². The minimum absolute atomic E-state index is 1.12. The second-order valence-corrected chi connectivity index (χ2v) is 3.67. The van der Waals surface area contributed by atoms with Crippen LogP contribution in [0.2, 0.25) is 0 Å². The molecule has 0 fully saturated rings. The smallest absolute Gasteiger partial charge is 0.0299 e. The number of hydrogen-bond donors (Lipinski definition) is 0. The van der Waals surface area contributed by atoms with E-state index in [1.807, 2.05) is 13.8 Å². The summed E-state index contributed by atoms with van der Waals surface area (Å²) in [6.45, 7) is 11.8. The predicted molar refractivity (Wildman–Crippen MR) is 53.7 cm³/mol. The molecule has 1 aromatic rings. The summed E-state index contributed by atoms with van der Waals surface area (Å²) in [5.41, 5.74) is 3.48. The molecular weight excluding hydrogens is 152 g/mol. The maximum absolute atomic E-state index is 3.88. The fourth-order valence-electron chi connectivity index (χ4n) is 0.784. The average molecular weight is 164 g/mol. The third-order valence-electron chi connectivity index (χ3n) is 1.51. The molecule has 11 heavy (non-hydrogen) atoms. The summed E-state index contributed by atoms with van der Waals surface area (Å²) in [6.07, 6.45) is 0. The maximum Gasteiger partial charge on any atom is 0.0299 e. The molecule has 0 radical (unpaired) electrons. The van der Waals surface area contributed by atoms with E-state index in [-0.39, 0.29) is 0 Å². The van der Waals surface area contributed by atoms with Gasteiger partial charge in [0.2, 0.25) is 0 Å². The molecule has 0 nitrogen and oxygen atoms in total. The molecule has 0 atom stereocenters. The molecule has 1 heteroatoms. The molecule has 0 saturated heterocycles. The van der Waals surface area contributed by atoms with Crippen molar-refractivity contribution in [3.8, 4) is 0 Å². The Morgan fingerprint density at radius 2 is 1.91 bits per heavy atom. The van der Waals surface area contributed by atoms with Crippen LogP contribution in [0.5, 0.6) is 0 Å². The Hall–Kier alpha value is -0.820. The molecule has 0 saturated carbocycles. The Morgan fingerprint density at radius 1 is 1.27 bits per heavy atom. The van der Waals surface area contributed by atoms with Gasteiger partial charge in [-0.05, 0) is 36.4 Å².